The molecule has 0 aliphatic rings. The van der Waals surface area contributed by atoms with Crippen LogP contribution < -0.4 is 5.73 Å². The number of carbonyl (C=O) groups excluding carboxylic acids is 1. The van der Waals surface area contributed by atoms with Crippen LogP contribution in [0.1, 0.15) is 46.5 Å². The second-order valence-corrected chi connectivity index (χ2v) is 5.05. The first kappa shape index (κ1) is 16.9. The Morgan fingerprint density at radius 3 is 2.22 bits per heavy atom. The fourth-order valence-electron chi connectivity index (χ4n) is 1.83. The average Bonchev–Trinajstić information content (AvgIpc) is 2.26. The summed E-state index contributed by atoms with van der Waals surface area (Å²) >= 11 is 0. The number of hydrogen-bond acceptors (Lipinski definition) is 3. The molecule has 0 saturated heterocycles. The van der Waals surface area contributed by atoms with Crippen molar-refractivity contribution in [3.63, 3.8) is 0 Å². The topological polar surface area (TPSA) is 83.6 Å². The largest absolute Gasteiger partial charge is 0.481 e. The normalized spacial score (nSPS) is 12.5. The third-order valence-corrected chi connectivity index (χ3v) is 3.02. The molecule has 0 saturated carbocycles. The number of carboxylic acids is 1. The Hall–Kier alpha value is -1.10. The van der Waals surface area contributed by atoms with E-state index in [4.69, 9.17) is 10.8 Å². The zero-order chi connectivity index (χ0) is 14.1. The van der Waals surface area contributed by atoms with Gasteiger partial charge in [-0.3, -0.25) is 9.59 Å². The SMILES string of the molecule is CC(CCN)CCC(=O)N(CCC(=O)O)C(C)C. The second-order valence-electron chi connectivity index (χ2n) is 5.05. The minimum Gasteiger partial charge on any atom is -0.481 e. The quantitative estimate of drug-likeness (QED) is 0.656. The Morgan fingerprint density at radius 1 is 1.17 bits per heavy atom. The third kappa shape index (κ3) is 7.27. The zero-order valence-corrected chi connectivity index (χ0v) is 11.7. The molecule has 18 heavy (non-hydrogen) atoms. The van der Waals surface area contributed by atoms with E-state index in [-0.39, 0.29) is 24.9 Å². The lowest BCUT2D eigenvalue weighted by Gasteiger charge is -2.26. The van der Waals surface area contributed by atoms with Crippen molar-refractivity contribution in [2.45, 2.75) is 52.5 Å². The van der Waals surface area contributed by atoms with Gasteiger partial charge in [0.05, 0.1) is 6.42 Å². The van der Waals surface area contributed by atoms with Crippen LogP contribution in [0.5, 0.6) is 0 Å². The fourth-order valence-corrected chi connectivity index (χ4v) is 1.83. The highest BCUT2D eigenvalue weighted by Gasteiger charge is 2.18. The molecular weight excluding hydrogens is 232 g/mol. The Kier molecular flexibility index (Phi) is 8.37. The van der Waals surface area contributed by atoms with Gasteiger partial charge in [0.25, 0.3) is 0 Å². The summed E-state index contributed by atoms with van der Waals surface area (Å²) in [5.74, 6) is -0.396. The first-order valence-electron chi connectivity index (χ1n) is 6.59. The first-order chi connectivity index (χ1) is 8.38. The van der Waals surface area contributed by atoms with Crippen molar-refractivity contribution in [2.75, 3.05) is 13.1 Å². The molecule has 1 amide bonds. The van der Waals surface area contributed by atoms with E-state index in [2.05, 4.69) is 6.92 Å². The lowest BCUT2D eigenvalue weighted by atomic mass is 10.0. The Morgan fingerprint density at radius 2 is 1.78 bits per heavy atom. The highest BCUT2D eigenvalue weighted by Crippen LogP contribution is 2.12. The molecule has 0 aromatic rings. The molecule has 5 heteroatoms. The van der Waals surface area contributed by atoms with Crippen molar-refractivity contribution in [1.29, 1.82) is 0 Å². The van der Waals surface area contributed by atoms with E-state index in [0.29, 0.717) is 18.9 Å². The lowest BCUT2D eigenvalue weighted by Crippen LogP contribution is -2.38. The number of amides is 1. The lowest BCUT2D eigenvalue weighted by molar-refractivity contribution is -0.139. The van der Waals surface area contributed by atoms with Gasteiger partial charge in [-0.05, 0) is 39.2 Å². The van der Waals surface area contributed by atoms with E-state index < -0.39 is 5.97 Å². The molecule has 0 bridgehead atoms. The van der Waals surface area contributed by atoms with Crippen LogP contribution in [0.2, 0.25) is 0 Å². The Labute approximate surface area is 109 Å². The number of aliphatic carboxylic acids is 1. The van der Waals surface area contributed by atoms with Gasteiger partial charge in [-0.15, -0.1) is 0 Å². The number of hydrogen-bond donors (Lipinski definition) is 2. The number of carboxylic acid groups (broad SMARTS) is 1. The second kappa shape index (κ2) is 8.91. The molecule has 0 heterocycles. The molecule has 0 aliphatic carbocycles. The van der Waals surface area contributed by atoms with E-state index >= 15 is 0 Å². The molecule has 0 spiro atoms. The molecular formula is C13H26N2O3. The number of nitrogens with zero attached hydrogens (tertiary/aromatic N) is 1. The third-order valence-electron chi connectivity index (χ3n) is 3.02. The van der Waals surface area contributed by atoms with Crippen molar-refractivity contribution >= 4 is 11.9 Å². The van der Waals surface area contributed by atoms with Gasteiger partial charge in [0.1, 0.15) is 0 Å². The summed E-state index contributed by atoms with van der Waals surface area (Å²) in [4.78, 5) is 24.2. The summed E-state index contributed by atoms with van der Waals surface area (Å²) < 4.78 is 0. The maximum Gasteiger partial charge on any atom is 0.305 e. The van der Waals surface area contributed by atoms with E-state index in [9.17, 15) is 9.59 Å². The van der Waals surface area contributed by atoms with E-state index in [1.807, 2.05) is 13.8 Å². The Bertz CT molecular complexity index is 267. The highest BCUT2D eigenvalue weighted by atomic mass is 16.4. The van der Waals surface area contributed by atoms with Crippen molar-refractivity contribution in [3.05, 3.63) is 0 Å². The van der Waals surface area contributed by atoms with Gasteiger partial charge in [0.2, 0.25) is 5.91 Å². The smallest absolute Gasteiger partial charge is 0.305 e. The number of rotatable bonds is 9. The Balaban J connectivity index is 4.18. The summed E-state index contributed by atoms with van der Waals surface area (Å²) in [7, 11) is 0. The van der Waals surface area contributed by atoms with E-state index in [1.165, 1.54) is 0 Å². The standard InChI is InChI=1S/C13H26N2O3/c1-10(2)15(9-7-13(17)18)12(16)5-4-11(3)6-8-14/h10-11H,4-9,14H2,1-3H3,(H,17,18). The van der Waals surface area contributed by atoms with Crippen LogP contribution in [-0.4, -0.2) is 41.0 Å². The van der Waals surface area contributed by atoms with Gasteiger partial charge in [0, 0.05) is 19.0 Å². The summed E-state index contributed by atoms with van der Waals surface area (Å²) in [5, 5.41) is 8.66. The predicted octanol–water partition coefficient (Wildman–Crippen LogP) is 1.46. The van der Waals surface area contributed by atoms with Crippen LogP contribution in [0, 0.1) is 5.92 Å². The van der Waals surface area contributed by atoms with E-state index in [1.54, 1.807) is 4.90 Å². The van der Waals surface area contributed by atoms with Crippen molar-refractivity contribution < 1.29 is 14.7 Å². The highest BCUT2D eigenvalue weighted by molar-refractivity contribution is 5.77. The van der Waals surface area contributed by atoms with E-state index in [0.717, 1.165) is 12.8 Å². The zero-order valence-electron chi connectivity index (χ0n) is 11.7. The molecule has 3 N–H and O–H groups in total. The minimum atomic E-state index is -0.870. The molecule has 1 atom stereocenters. The van der Waals surface area contributed by atoms with Gasteiger partial charge < -0.3 is 15.7 Å². The molecule has 5 nitrogen and oxygen atoms in total. The van der Waals surface area contributed by atoms with Gasteiger partial charge in [-0.2, -0.15) is 0 Å². The van der Waals surface area contributed by atoms with Gasteiger partial charge in [-0.1, -0.05) is 6.92 Å². The van der Waals surface area contributed by atoms with Gasteiger partial charge >= 0.3 is 5.97 Å². The molecule has 0 fully saturated rings. The summed E-state index contributed by atoms with van der Waals surface area (Å²) in [6.07, 6.45) is 2.21. The predicted molar refractivity (Wildman–Crippen MR) is 71.2 cm³/mol. The summed E-state index contributed by atoms with van der Waals surface area (Å²) in [6.45, 7) is 6.82. The molecule has 1 unspecified atom stereocenters. The molecule has 0 aromatic heterocycles. The summed E-state index contributed by atoms with van der Waals surface area (Å²) in [6, 6.07) is 0.0432. The van der Waals surface area contributed by atoms with Gasteiger partial charge in [-0.25, -0.2) is 0 Å². The first-order valence-corrected chi connectivity index (χ1v) is 6.59. The van der Waals surface area contributed by atoms with Crippen LogP contribution in [-0.2, 0) is 9.59 Å². The van der Waals surface area contributed by atoms with Crippen LogP contribution >= 0.6 is 0 Å². The van der Waals surface area contributed by atoms with Crippen LogP contribution in [0.25, 0.3) is 0 Å². The van der Waals surface area contributed by atoms with Crippen molar-refractivity contribution in [1.82, 2.24) is 4.90 Å². The molecule has 0 radical (unpaired) electrons. The molecule has 0 aliphatic heterocycles. The minimum absolute atomic E-state index is 0.00226. The molecule has 0 rings (SSSR count). The summed E-state index contributed by atoms with van der Waals surface area (Å²) in [5.41, 5.74) is 5.46. The van der Waals surface area contributed by atoms with Crippen LogP contribution in [0.15, 0.2) is 0 Å². The molecule has 106 valence electrons. The van der Waals surface area contributed by atoms with Gasteiger partial charge in [0.15, 0.2) is 0 Å². The monoisotopic (exact) mass is 258 g/mol. The number of nitrogens with two attached hydrogens (primary N) is 1. The average molecular weight is 258 g/mol. The molecule has 0 aromatic carbocycles. The maximum absolute atomic E-state index is 12.0. The maximum atomic E-state index is 12.0. The van der Waals surface area contributed by atoms with Crippen LogP contribution in [0.4, 0.5) is 0 Å². The van der Waals surface area contributed by atoms with Crippen molar-refractivity contribution in [3.8, 4) is 0 Å². The number of carbonyl (C=O) groups is 2. The van der Waals surface area contributed by atoms with Crippen LogP contribution in [0.3, 0.4) is 0 Å². The van der Waals surface area contributed by atoms with Crippen molar-refractivity contribution in [2.24, 2.45) is 11.7 Å². The fraction of sp³-hybridized carbons (Fsp3) is 0.846.